The number of pyridine rings is 1. The molecule has 0 saturated heterocycles. The van der Waals surface area contributed by atoms with Gasteiger partial charge in [-0.3, -0.25) is 0 Å². The van der Waals surface area contributed by atoms with Crippen LogP contribution in [0.25, 0.3) is 10.8 Å². The maximum Gasteiger partial charge on any atom is 0.371 e. The highest BCUT2D eigenvalue weighted by Crippen LogP contribution is 2.23. The van der Waals surface area contributed by atoms with E-state index in [4.69, 9.17) is 0 Å². The van der Waals surface area contributed by atoms with Gasteiger partial charge < -0.3 is 10.1 Å². The van der Waals surface area contributed by atoms with Gasteiger partial charge in [-0.1, -0.05) is 18.2 Å². The van der Waals surface area contributed by atoms with Gasteiger partial charge in [0.25, 0.3) is 0 Å². The Hall–Kier alpha value is -1.97. The van der Waals surface area contributed by atoms with Gasteiger partial charge in [0.05, 0.1) is 5.39 Å². The number of aromatic nitrogens is 1. The molecule has 4 nitrogen and oxygen atoms in total. The van der Waals surface area contributed by atoms with Gasteiger partial charge in [0, 0.05) is 6.92 Å². The van der Waals surface area contributed by atoms with Crippen LogP contribution in [0.3, 0.4) is 0 Å². The van der Waals surface area contributed by atoms with E-state index in [1.807, 2.05) is 18.2 Å². The molecule has 0 spiro atoms. The molecule has 2 aromatic rings. The summed E-state index contributed by atoms with van der Waals surface area (Å²) < 4.78 is 0. The van der Waals surface area contributed by atoms with E-state index in [0.717, 1.165) is 5.39 Å². The van der Waals surface area contributed by atoms with E-state index >= 15 is 0 Å². The molecule has 14 heavy (non-hydrogen) atoms. The molecule has 0 fully saturated rings. The van der Waals surface area contributed by atoms with Crippen molar-refractivity contribution >= 4 is 16.6 Å². The van der Waals surface area contributed by atoms with Crippen LogP contribution in [0.15, 0.2) is 30.3 Å². The Morgan fingerprint density at radius 1 is 1.36 bits per heavy atom. The van der Waals surface area contributed by atoms with E-state index in [0.29, 0.717) is 11.1 Å². The van der Waals surface area contributed by atoms with Crippen LogP contribution in [-0.2, 0) is 0 Å². The van der Waals surface area contributed by atoms with Crippen LogP contribution in [-0.4, -0.2) is 9.91 Å². The van der Waals surface area contributed by atoms with Gasteiger partial charge >= 0.3 is 5.82 Å². The van der Waals surface area contributed by atoms with Crippen LogP contribution in [0.4, 0.5) is 5.82 Å². The van der Waals surface area contributed by atoms with Gasteiger partial charge in [-0.05, 0) is 27.4 Å². The largest absolute Gasteiger partial charge is 0.371 e. The van der Waals surface area contributed by atoms with Gasteiger partial charge in [-0.15, -0.1) is 0 Å². The highest BCUT2D eigenvalue weighted by Gasteiger charge is 2.13. The fourth-order valence-corrected chi connectivity index (χ4v) is 1.45. The number of hydrogen-bond acceptors (Lipinski definition) is 3. The number of nitrogens with zero attached hydrogens (tertiary/aromatic N) is 2. The molecule has 0 N–H and O–H groups in total. The Bertz CT molecular complexity index is 508. The first-order chi connectivity index (χ1) is 6.68. The number of nitro groups is 1. The second-order valence-electron chi connectivity index (χ2n) is 3.07. The molecule has 0 amide bonds. The zero-order valence-corrected chi connectivity index (χ0v) is 7.60. The Morgan fingerprint density at radius 3 is 2.79 bits per heavy atom. The van der Waals surface area contributed by atoms with Crippen molar-refractivity contribution in [2.45, 2.75) is 6.92 Å². The van der Waals surface area contributed by atoms with Crippen molar-refractivity contribution < 1.29 is 4.92 Å². The van der Waals surface area contributed by atoms with Crippen molar-refractivity contribution in [3.63, 3.8) is 0 Å². The first-order valence-electron chi connectivity index (χ1n) is 4.19. The molecule has 4 heteroatoms. The molecule has 0 aliphatic heterocycles. The summed E-state index contributed by atoms with van der Waals surface area (Å²) in [5, 5.41) is 12.1. The van der Waals surface area contributed by atoms with Gasteiger partial charge in [0.2, 0.25) is 0 Å². The summed E-state index contributed by atoms with van der Waals surface area (Å²) in [5.74, 6) is -0.0689. The van der Waals surface area contributed by atoms with Crippen molar-refractivity contribution in [1.29, 1.82) is 0 Å². The minimum atomic E-state index is -0.449. The predicted molar refractivity (Wildman–Crippen MR) is 53.1 cm³/mol. The minimum absolute atomic E-state index is 0.0689. The lowest BCUT2D eigenvalue weighted by atomic mass is 10.1. The fraction of sp³-hybridized carbons (Fsp3) is 0.100. The van der Waals surface area contributed by atoms with E-state index in [2.05, 4.69) is 4.98 Å². The Morgan fingerprint density at radius 2 is 2.07 bits per heavy atom. The lowest BCUT2D eigenvalue weighted by Gasteiger charge is -1.98. The molecule has 0 saturated carbocycles. The van der Waals surface area contributed by atoms with E-state index in [1.54, 1.807) is 19.1 Å². The molecule has 1 aromatic heterocycles. The molecule has 1 aromatic carbocycles. The molecule has 0 aliphatic rings. The molecule has 1 heterocycles. The first-order valence-corrected chi connectivity index (χ1v) is 4.19. The molecule has 0 atom stereocenters. The van der Waals surface area contributed by atoms with Gasteiger partial charge in [0.1, 0.15) is 0 Å². The first kappa shape index (κ1) is 8.62. The van der Waals surface area contributed by atoms with Crippen molar-refractivity contribution in [1.82, 2.24) is 4.98 Å². The average molecular weight is 188 g/mol. The summed E-state index contributed by atoms with van der Waals surface area (Å²) in [5.41, 5.74) is 0.662. The van der Waals surface area contributed by atoms with Gasteiger partial charge in [-0.2, -0.15) is 0 Å². The van der Waals surface area contributed by atoms with E-state index < -0.39 is 4.92 Å². The quantitative estimate of drug-likeness (QED) is 0.510. The zero-order chi connectivity index (χ0) is 10.1. The maximum atomic E-state index is 10.7. The number of hydrogen-bond donors (Lipinski definition) is 0. The average Bonchev–Trinajstić information content (AvgIpc) is 2.16. The Balaban J connectivity index is 2.87. The predicted octanol–water partition coefficient (Wildman–Crippen LogP) is 2.45. The number of fused-ring (bicyclic) bond motifs is 1. The third-order valence-corrected chi connectivity index (χ3v) is 2.02. The van der Waals surface area contributed by atoms with Crippen LogP contribution in [0, 0.1) is 17.0 Å². The lowest BCUT2D eigenvalue weighted by molar-refractivity contribution is -0.387. The summed E-state index contributed by atoms with van der Waals surface area (Å²) in [6.45, 7) is 1.75. The molecule has 0 aliphatic carbocycles. The SMILES string of the molecule is Cc1cc2ccccc2c([N+](=O)[O-])n1. The topological polar surface area (TPSA) is 56.0 Å². The van der Waals surface area contributed by atoms with Crippen LogP contribution >= 0.6 is 0 Å². The van der Waals surface area contributed by atoms with E-state index in [-0.39, 0.29) is 5.82 Å². The van der Waals surface area contributed by atoms with Crippen LogP contribution < -0.4 is 0 Å². The van der Waals surface area contributed by atoms with Crippen molar-refractivity contribution in [2.75, 3.05) is 0 Å². The number of benzene rings is 1. The highest BCUT2D eigenvalue weighted by molar-refractivity contribution is 5.89. The summed E-state index contributed by atoms with van der Waals surface area (Å²) in [6.07, 6.45) is 0. The zero-order valence-electron chi connectivity index (χ0n) is 7.60. The van der Waals surface area contributed by atoms with Crippen molar-refractivity contribution in [3.05, 3.63) is 46.1 Å². The maximum absolute atomic E-state index is 10.7. The molecule has 0 bridgehead atoms. The fourth-order valence-electron chi connectivity index (χ4n) is 1.45. The van der Waals surface area contributed by atoms with Gasteiger partial charge in [-0.25, -0.2) is 0 Å². The minimum Gasteiger partial charge on any atom is -0.358 e. The molecule has 70 valence electrons. The molecular formula is C10H8N2O2. The monoisotopic (exact) mass is 188 g/mol. The van der Waals surface area contributed by atoms with Crippen LogP contribution in [0.1, 0.15) is 5.69 Å². The van der Waals surface area contributed by atoms with Crippen LogP contribution in [0.2, 0.25) is 0 Å². The summed E-state index contributed by atoms with van der Waals surface area (Å²) in [6, 6.07) is 9.01. The Kier molecular flexibility index (Phi) is 1.89. The Labute approximate surface area is 80.4 Å². The van der Waals surface area contributed by atoms with E-state index in [1.165, 1.54) is 0 Å². The summed E-state index contributed by atoms with van der Waals surface area (Å²) in [7, 11) is 0. The lowest BCUT2D eigenvalue weighted by Crippen LogP contribution is -1.95. The third kappa shape index (κ3) is 1.31. The van der Waals surface area contributed by atoms with Gasteiger partial charge in [0.15, 0.2) is 5.69 Å². The number of aryl methyl sites for hydroxylation is 1. The molecule has 0 unspecified atom stereocenters. The standard InChI is InChI=1S/C10H8N2O2/c1-7-6-8-4-2-3-5-9(8)10(11-7)12(13)14/h2-6H,1H3. The molecule has 2 rings (SSSR count). The molecule has 0 radical (unpaired) electrons. The third-order valence-electron chi connectivity index (χ3n) is 2.02. The smallest absolute Gasteiger partial charge is 0.358 e. The second kappa shape index (κ2) is 3.06. The normalized spacial score (nSPS) is 10.4. The summed E-state index contributed by atoms with van der Waals surface area (Å²) >= 11 is 0. The van der Waals surface area contributed by atoms with E-state index in [9.17, 15) is 10.1 Å². The number of rotatable bonds is 1. The second-order valence-corrected chi connectivity index (χ2v) is 3.07. The van der Waals surface area contributed by atoms with Crippen molar-refractivity contribution in [2.24, 2.45) is 0 Å². The summed E-state index contributed by atoms with van der Waals surface area (Å²) in [4.78, 5) is 14.2. The highest BCUT2D eigenvalue weighted by atomic mass is 16.6. The van der Waals surface area contributed by atoms with Crippen LogP contribution in [0.5, 0.6) is 0 Å². The molecular weight excluding hydrogens is 180 g/mol. The van der Waals surface area contributed by atoms with Crippen molar-refractivity contribution in [3.8, 4) is 0 Å².